The zero-order valence-corrected chi connectivity index (χ0v) is 19.0. The molecule has 8 nitrogen and oxygen atoms in total. The Bertz CT molecular complexity index is 1230. The first-order valence-corrected chi connectivity index (χ1v) is 11.3. The molecule has 0 saturated carbocycles. The van der Waals surface area contributed by atoms with Crippen molar-refractivity contribution in [3.8, 4) is 22.5 Å². The maximum absolute atomic E-state index is 13.0. The Balaban J connectivity index is 1.63. The van der Waals surface area contributed by atoms with Crippen LogP contribution in [0.3, 0.4) is 0 Å². The molecule has 32 heavy (non-hydrogen) atoms. The van der Waals surface area contributed by atoms with Crippen molar-refractivity contribution in [3.05, 3.63) is 69.6 Å². The highest BCUT2D eigenvalue weighted by Gasteiger charge is 2.18. The van der Waals surface area contributed by atoms with Crippen molar-refractivity contribution in [2.45, 2.75) is 52.6 Å². The smallest absolute Gasteiger partial charge is 0.290 e. The van der Waals surface area contributed by atoms with Crippen LogP contribution in [0.5, 0.6) is 0 Å². The van der Waals surface area contributed by atoms with Gasteiger partial charge in [0.25, 0.3) is 0 Å². The van der Waals surface area contributed by atoms with Gasteiger partial charge in [0, 0.05) is 24.5 Å². The van der Waals surface area contributed by atoms with Crippen molar-refractivity contribution < 1.29 is 0 Å². The number of benzene rings is 1. The van der Waals surface area contributed by atoms with Gasteiger partial charge in [-0.25, -0.2) is 9.89 Å². The van der Waals surface area contributed by atoms with E-state index in [4.69, 9.17) is 11.6 Å². The molecule has 3 heterocycles. The lowest BCUT2D eigenvalue weighted by molar-refractivity contribution is 0.638. The topological polar surface area (TPSA) is 94.3 Å². The molecule has 1 aromatic carbocycles. The van der Waals surface area contributed by atoms with Crippen molar-refractivity contribution in [3.63, 3.8) is 0 Å². The quantitative estimate of drug-likeness (QED) is 0.382. The van der Waals surface area contributed by atoms with Gasteiger partial charge >= 0.3 is 5.69 Å². The molecule has 3 aromatic heterocycles. The Labute approximate surface area is 191 Å². The first-order valence-electron chi connectivity index (χ1n) is 10.9. The van der Waals surface area contributed by atoms with Crippen LogP contribution < -0.4 is 5.69 Å². The van der Waals surface area contributed by atoms with Crippen LogP contribution in [0, 0.1) is 0 Å². The molecular formula is C23H26ClN7O. The van der Waals surface area contributed by atoms with Gasteiger partial charge in [-0.1, -0.05) is 55.6 Å². The Morgan fingerprint density at radius 1 is 1.03 bits per heavy atom. The van der Waals surface area contributed by atoms with Crippen molar-refractivity contribution in [2.24, 2.45) is 0 Å². The van der Waals surface area contributed by atoms with Gasteiger partial charge in [0.2, 0.25) is 0 Å². The first-order chi connectivity index (χ1) is 15.6. The minimum atomic E-state index is -0.0534. The van der Waals surface area contributed by atoms with Crippen LogP contribution in [0.4, 0.5) is 0 Å². The third-order valence-electron chi connectivity index (χ3n) is 5.62. The highest BCUT2D eigenvalue weighted by atomic mass is 35.5. The monoisotopic (exact) mass is 451 g/mol. The molecule has 0 aliphatic heterocycles. The lowest BCUT2D eigenvalue weighted by Crippen LogP contribution is -2.25. The minimum absolute atomic E-state index is 0.0534. The van der Waals surface area contributed by atoms with Crippen LogP contribution in [-0.4, -0.2) is 34.7 Å². The van der Waals surface area contributed by atoms with Gasteiger partial charge in [0.15, 0.2) is 5.82 Å². The van der Waals surface area contributed by atoms with Crippen molar-refractivity contribution in [2.75, 3.05) is 0 Å². The minimum Gasteiger partial charge on any atom is -0.290 e. The van der Waals surface area contributed by atoms with E-state index >= 15 is 0 Å². The van der Waals surface area contributed by atoms with Crippen molar-refractivity contribution in [1.82, 2.24) is 34.7 Å². The molecule has 4 aromatic rings. The summed E-state index contributed by atoms with van der Waals surface area (Å²) in [6.07, 6.45) is 7.55. The number of nitrogens with one attached hydrogen (secondary N) is 1. The summed E-state index contributed by atoms with van der Waals surface area (Å²) in [4.78, 5) is 17.2. The predicted octanol–water partition coefficient (Wildman–Crippen LogP) is 4.35. The van der Waals surface area contributed by atoms with E-state index in [0.29, 0.717) is 24.1 Å². The zero-order valence-electron chi connectivity index (χ0n) is 18.3. The van der Waals surface area contributed by atoms with Gasteiger partial charge in [-0.15, -0.1) is 5.10 Å². The Hall–Kier alpha value is -3.26. The Morgan fingerprint density at radius 2 is 1.84 bits per heavy atom. The maximum Gasteiger partial charge on any atom is 0.329 e. The van der Waals surface area contributed by atoms with Gasteiger partial charge < -0.3 is 0 Å². The number of hydrogen-bond donors (Lipinski definition) is 1. The second kappa shape index (κ2) is 9.91. The van der Waals surface area contributed by atoms with Crippen molar-refractivity contribution in [1.29, 1.82) is 0 Å². The fourth-order valence-corrected chi connectivity index (χ4v) is 4.30. The molecule has 0 amide bonds. The normalized spacial score (nSPS) is 11.2. The van der Waals surface area contributed by atoms with Crippen LogP contribution in [0.1, 0.15) is 44.4 Å². The van der Waals surface area contributed by atoms with Crippen LogP contribution in [0.2, 0.25) is 5.15 Å². The summed E-state index contributed by atoms with van der Waals surface area (Å²) in [5.74, 6) is 0.566. The van der Waals surface area contributed by atoms with Gasteiger partial charge in [0.1, 0.15) is 5.15 Å². The highest BCUT2D eigenvalue weighted by Crippen LogP contribution is 2.29. The molecule has 0 radical (unpaired) electrons. The molecule has 0 aliphatic rings. The zero-order chi connectivity index (χ0) is 22.5. The van der Waals surface area contributed by atoms with Crippen LogP contribution >= 0.6 is 11.6 Å². The Kier molecular flexibility index (Phi) is 6.80. The van der Waals surface area contributed by atoms with E-state index < -0.39 is 0 Å². The van der Waals surface area contributed by atoms with E-state index in [-0.39, 0.29) is 5.69 Å². The molecule has 0 bridgehead atoms. The number of unbranched alkanes of at least 4 members (excludes halogenated alkanes) is 2. The second-order valence-electron chi connectivity index (χ2n) is 7.68. The molecule has 1 N–H and O–H groups in total. The third-order valence-corrected chi connectivity index (χ3v) is 6.05. The lowest BCUT2D eigenvalue weighted by Gasteiger charge is -2.10. The number of tetrazole rings is 1. The van der Waals surface area contributed by atoms with E-state index in [0.717, 1.165) is 53.6 Å². The average molecular weight is 452 g/mol. The van der Waals surface area contributed by atoms with E-state index in [1.807, 2.05) is 41.8 Å². The van der Waals surface area contributed by atoms with Crippen LogP contribution in [0.15, 0.2) is 47.5 Å². The number of H-pyrrole nitrogens is 1. The standard InChI is InChI=1S/C23H26ClN7O/c1-3-5-6-7-20-21(24)30(4-2)23(32)31(20)15-16-8-10-17(11-9-16)18-12-13-25-14-19(18)22-26-28-29-27-22/h8-14H,3-7,15H2,1-2H3,(H,26,27,28,29). The number of nitrogens with zero attached hydrogens (tertiary/aromatic N) is 6. The molecule has 0 atom stereocenters. The van der Waals surface area contributed by atoms with E-state index in [1.165, 1.54) is 0 Å². The summed E-state index contributed by atoms with van der Waals surface area (Å²) >= 11 is 6.57. The lowest BCUT2D eigenvalue weighted by atomic mass is 10.00. The molecule has 0 saturated heterocycles. The maximum atomic E-state index is 13.0. The average Bonchev–Trinajstić information content (AvgIpc) is 3.43. The first kappa shape index (κ1) is 22.0. The molecular weight excluding hydrogens is 426 g/mol. The number of imidazole rings is 1. The SMILES string of the molecule is CCCCCc1c(Cl)n(CC)c(=O)n1Cc1ccc(-c2ccncc2-c2nnn[nH]2)cc1. The predicted molar refractivity (Wildman–Crippen MR) is 125 cm³/mol. The van der Waals surface area contributed by atoms with Gasteiger partial charge in [0.05, 0.1) is 12.2 Å². The molecule has 0 aliphatic carbocycles. The number of aromatic amines is 1. The third kappa shape index (κ3) is 4.36. The summed E-state index contributed by atoms with van der Waals surface area (Å²) < 4.78 is 3.46. The highest BCUT2D eigenvalue weighted by molar-refractivity contribution is 6.30. The fourth-order valence-electron chi connectivity index (χ4n) is 3.91. The summed E-state index contributed by atoms with van der Waals surface area (Å²) in [6.45, 7) is 5.16. The molecule has 0 spiro atoms. The molecule has 4 rings (SSSR count). The Morgan fingerprint density at radius 3 is 2.53 bits per heavy atom. The van der Waals surface area contributed by atoms with E-state index in [2.05, 4.69) is 32.5 Å². The summed E-state index contributed by atoms with van der Waals surface area (Å²) in [5.41, 5.74) is 4.72. The largest absolute Gasteiger partial charge is 0.329 e. The summed E-state index contributed by atoms with van der Waals surface area (Å²) in [6, 6.07) is 10.1. The van der Waals surface area contributed by atoms with E-state index in [1.54, 1.807) is 17.0 Å². The van der Waals surface area contributed by atoms with E-state index in [9.17, 15) is 4.79 Å². The van der Waals surface area contributed by atoms with Crippen LogP contribution in [-0.2, 0) is 19.5 Å². The summed E-state index contributed by atoms with van der Waals surface area (Å²) in [7, 11) is 0. The van der Waals surface area contributed by atoms with Gasteiger partial charge in [-0.3, -0.25) is 14.1 Å². The van der Waals surface area contributed by atoms with Crippen LogP contribution in [0.25, 0.3) is 22.5 Å². The number of aromatic nitrogens is 7. The summed E-state index contributed by atoms with van der Waals surface area (Å²) in [5, 5.41) is 14.7. The number of rotatable bonds is 9. The number of halogens is 1. The molecule has 0 fully saturated rings. The number of pyridine rings is 1. The molecule has 9 heteroatoms. The van der Waals surface area contributed by atoms with Gasteiger partial charge in [-0.05, 0) is 52.9 Å². The molecule has 0 unspecified atom stereocenters. The molecule has 166 valence electrons. The second-order valence-corrected chi connectivity index (χ2v) is 8.03. The van der Waals surface area contributed by atoms with Gasteiger partial charge in [-0.2, -0.15) is 0 Å². The van der Waals surface area contributed by atoms with Crippen molar-refractivity contribution >= 4 is 11.6 Å². The fraction of sp³-hybridized carbons (Fsp3) is 0.348. The number of hydrogen-bond acceptors (Lipinski definition) is 5.